The van der Waals surface area contributed by atoms with Gasteiger partial charge in [-0.2, -0.15) is 0 Å². The van der Waals surface area contributed by atoms with E-state index in [9.17, 15) is 4.79 Å². The highest BCUT2D eigenvalue weighted by Crippen LogP contribution is 2.36. The van der Waals surface area contributed by atoms with Gasteiger partial charge in [0, 0.05) is 19.5 Å². The van der Waals surface area contributed by atoms with E-state index in [1.165, 1.54) is 19.3 Å². The maximum Gasteiger partial charge on any atom is 0.219 e. The van der Waals surface area contributed by atoms with Gasteiger partial charge in [-0.15, -0.1) is 0 Å². The number of carbonyl (C=O) groups excluding carboxylic acids is 1. The molecule has 0 N–H and O–H groups in total. The SMILES string of the molecule is CCN(C(C)=O)C1CC(C)CCC1C(C)C. The third-order valence-electron chi connectivity index (χ3n) is 4.13. The molecule has 0 heterocycles. The smallest absolute Gasteiger partial charge is 0.219 e. The van der Waals surface area contributed by atoms with E-state index in [4.69, 9.17) is 0 Å². The van der Waals surface area contributed by atoms with E-state index < -0.39 is 0 Å². The quantitative estimate of drug-likeness (QED) is 0.721. The van der Waals surface area contributed by atoms with Crippen LogP contribution in [0.5, 0.6) is 0 Å². The van der Waals surface area contributed by atoms with Gasteiger partial charge in [0.1, 0.15) is 0 Å². The van der Waals surface area contributed by atoms with Crippen LogP contribution in [-0.4, -0.2) is 23.4 Å². The van der Waals surface area contributed by atoms with Crippen LogP contribution in [0.3, 0.4) is 0 Å². The lowest BCUT2D eigenvalue weighted by atomic mass is 9.73. The van der Waals surface area contributed by atoms with Gasteiger partial charge in [0.05, 0.1) is 0 Å². The second-order valence-corrected chi connectivity index (χ2v) is 5.70. The Morgan fingerprint density at radius 2 is 2.00 bits per heavy atom. The molecule has 1 amide bonds. The fourth-order valence-electron chi connectivity index (χ4n) is 3.20. The maximum absolute atomic E-state index is 11.7. The molecule has 2 heteroatoms. The molecule has 3 atom stereocenters. The number of carbonyl (C=O) groups is 1. The predicted molar refractivity (Wildman–Crippen MR) is 68.2 cm³/mol. The van der Waals surface area contributed by atoms with Crippen LogP contribution in [-0.2, 0) is 4.79 Å². The van der Waals surface area contributed by atoms with Crippen molar-refractivity contribution in [1.29, 1.82) is 0 Å². The zero-order valence-corrected chi connectivity index (χ0v) is 11.5. The Hall–Kier alpha value is -0.530. The third-order valence-corrected chi connectivity index (χ3v) is 4.13. The first kappa shape index (κ1) is 13.5. The molecule has 1 saturated carbocycles. The summed E-state index contributed by atoms with van der Waals surface area (Å²) in [7, 11) is 0. The van der Waals surface area contributed by atoms with Crippen LogP contribution >= 0.6 is 0 Å². The van der Waals surface area contributed by atoms with Crippen molar-refractivity contribution >= 4 is 5.91 Å². The fourth-order valence-corrected chi connectivity index (χ4v) is 3.20. The van der Waals surface area contributed by atoms with E-state index in [1.807, 2.05) is 0 Å². The molecular weight excluding hydrogens is 198 g/mol. The molecule has 16 heavy (non-hydrogen) atoms. The van der Waals surface area contributed by atoms with Gasteiger partial charge < -0.3 is 4.90 Å². The van der Waals surface area contributed by atoms with Crippen LogP contribution in [0.25, 0.3) is 0 Å². The lowest BCUT2D eigenvalue weighted by Crippen LogP contribution is -2.47. The number of hydrogen-bond acceptors (Lipinski definition) is 1. The van der Waals surface area contributed by atoms with Gasteiger partial charge in [-0.05, 0) is 37.5 Å². The molecule has 0 aliphatic heterocycles. The summed E-state index contributed by atoms with van der Waals surface area (Å²) in [5.41, 5.74) is 0. The molecule has 1 aliphatic rings. The first-order valence-corrected chi connectivity index (χ1v) is 6.74. The Bertz CT molecular complexity index is 237. The molecule has 0 spiro atoms. The van der Waals surface area contributed by atoms with E-state index in [-0.39, 0.29) is 5.91 Å². The highest BCUT2D eigenvalue weighted by atomic mass is 16.2. The van der Waals surface area contributed by atoms with Crippen molar-refractivity contribution in [3.8, 4) is 0 Å². The maximum atomic E-state index is 11.7. The molecule has 0 aromatic carbocycles. The molecule has 0 bridgehead atoms. The molecule has 0 aromatic heterocycles. The van der Waals surface area contributed by atoms with Gasteiger partial charge in [0.25, 0.3) is 0 Å². The predicted octanol–water partition coefficient (Wildman–Crippen LogP) is 3.32. The summed E-state index contributed by atoms with van der Waals surface area (Å²) in [5, 5.41) is 0. The minimum atomic E-state index is 0.243. The molecule has 94 valence electrons. The van der Waals surface area contributed by atoms with Crippen LogP contribution in [0.1, 0.15) is 53.9 Å². The van der Waals surface area contributed by atoms with Crippen LogP contribution in [0.15, 0.2) is 0 Å². The highest BCUT2D eigenvalue weighted by molar-refractivity contribution is 5.73. The van der Waals surface area contributed by atoms with E-state index in [1.54, 1.807) is 6.92 Å². The van der Waals surface area contributed by atoms with Crippen LogP contribution < -0.4 is 0 Å². The molecule has 0 aromatic rings. The minimum absolute atomic E-state index is 0.243. The summed E-state index contributed by atoms with van der Waals surface area (Å²) in [6.07, 6.45) is 3.80. The fraction of sp³-hybridized carbons (Fsp3) is 0.929. The molecule has 0 radical (unpaired) electrons. The Kier molecular flexibility index (Phi) is 4.82. The van der Waals surface area contributed by atoms with Gasteiger partial charge in [-0.25, -0.2) is 0 Å². The van der Waals surface area contributed by atoms with E-state index in [0.29, 0.717) is 17.9 Å². The van der Waals surface area contributed by atoms with Crippen molar-refractivity contribution in [3.05, 3.63) is 0 Å². The van der Waals surface area contributed by atoms with Crippen LogP contribution in [0, 0.1) is 17.8 Å². The van der Waals surface area contributed by atoms with E-state index in [0.717, 1.165) is 12.5 Å². The zero-order chi connectivity index (χ0) is 12.3. The monoisotopic (exact) mass is 225 g/mol. The van der Waals surface area contributed by atoms with E-state index >= 15 is 0 Å². The standard InChI is InChI=1S/C14H27NO/c1-6-15(12(5)16)14-9-11(4)7-8-13(14)10(2)3/h10-11,13-14H,6-9H2,1-5H3. The lowest BCUT2D eigenvalue weighted by molar-refractivity contribution is -0.133. The summed E-state index contributed by atoms with van der Waals surface area (Å²) in [6, 6.07) is 0.478. The first-order valence-electron chi connectivity index (χ1n) is 6.74. The van der Waals surface area contributed by atoms with Gasteiger partial charge in [-0.1, -0.05) is 27.2 Å². The van der Waals surface area contributed by atoms with Gasteiger partial charge in [0.15, 0.2) is 0 Å². The summed E-state index contributed by atoms with van der Waals surface area (Å²) < 4.78 is 0. The van der Waals surface area contributed by atoms with Crippen molar-refractivity contribution in [2.45, 2.75) is 59.9 Å². The van der Waals surface area contributed by atoms with Crippen molar-refractivity contribution in [2.75, 3.05) is 6.54 Å². The molecule has 3 unspecified atom stereocenters. The summed E-state index contributed by atoms with van der Waals surface area (Å²) in [6.45, 7) is 11.6. The summed E-state index contributed by atoms with van der Waals surface area (Å²) in [5.74, 6) is 2.39. The van der Waals surface area contributed by atoms with Crippen molar-refractivity contribution < 1.29 is 4.79 Å². The second-order valence-electron chi connectivity index (χ2n) is 5.70. The van der Waals surface area contributed by atoms with Crippen molar-refractivity contribution in [2.24, 2.45) is 17.8 Å². The number of hydrogen-bond donors (Lipinski definition) is 0. The Balaban J connectivity index is 2.81. The number of amides is 1. The average molecular weight is 225 g/mol. The average Bonchev–Trinajstić information content (AvgIpc) is 2.17. The Morgan fingerprint density at radius 3 is 2.44 bits per heavy atom. The van der Waals surface area contributed by atoms with Crippen molar-refractivity contribution in [1.82, 2.24) is 4.90 Å². The van der Waals surface area contributed by atoms with Gasteiger partial charge >= 0.3 is 0 Å². The zero-order valence-electron chi connectivity index (χ0n) is 11.5. The molecule has 0 saturated heterocycles. The Morgan fingerprint density at radius 1 is 1.38 bits per heavy atom. The highest BCUT2D eigenvalue weighted by Gasteiger charge is 2.34. The normalized spacial score (nSPS) is 30.5. The molecule has 1 fully saturated rings. The topological polar surface area (TPSA) is 20.3 Å². The molecule has 1 rings (SSSR count). The molecular formula is C14H27NO. The van der Waals surface area contributed by atoms with Gasteiger partial charge in [0.2, 0.25) is 5.91 Å². The van der Waals surface area contributed by atoms with Crippen molar-refractivity contribution in [3.63, 3.8) is 0 Å². The number of rotatable bonds is 3. The molecule has 2 nitrogen and oxygen atoms in total. The van der Waals surface area contributed by atoms with E-state index in [2.05, 4.69) is 32.6 Å². The second kappa shape index (κ2) is 5.70. The van der Waals surface area contributed by atoms with Gasteiger partial charge in [-0.3, -0.25) is 4.79 Å². The largest absolute Gasteiger partial charge is 0.340 e. The first-order chi connectivity index (χ1) is 7.47. The number of nitrogens with zero attached hydrogens (tertiary/aromatic N) is 1. The summed E-state index contributed by atoms with van der Waals surface area (Å²) in [4.78, 5) is 13.8. The Labute approximate surface area is 100 Å². The van der Waals surface area contributed by atoms with Crippen LogP contribution in [0.2, 0.25) is 0 Å². The summed E-state index contributed by atoms with van der Waals surface area (Å²) >= 11 is 0. The minimum Gasteiger partial charge on any atom is -0.340 e. The van der Waals surface area contributed by atoms with Crippen LogP contribution in [0.4, 0.5) is 0 Å². The molecule has 1 aliphatic carbocycles. The third kappa shape index (κ3) is 2.99. The lowest BCUT2D eigenvalue weighted by Gasteiger charge is -2.43.